The van der Waals surface area contributed by atoms with Crippen LogP contribution in [0.5, 0.6) is 5.75 Å². The van der Waals surface area contributed by atoms with E-state index in [-0.39, 0.29) is 126 Å². The van der Waals surface area contributed by atoms with Crippen molar-refractivity contribution in [1.82, 2.24) is 0 Å². The molecule has 0 fully saturated rings. The highest BCUT2D eigenvalue weighted by atomic mass is 35.5. The molecule has 0 amide bonds. The molecular formula is C93H124Cl5F13N2O. The topological polar surface area (TPSA) is 15.7 Å². The third-order valence-corrected chi connectivity index (χ3v) is 16.1. The molecule has 0 radical (unpaired) electrons. The van der Waals surface area contributed by atoms with E-state index in [0.717, 1.165) is 37.3 Å². The molecule has 3 nitrogen and oxygen atoms in total. The first-order chi connectivity index (χ1) is 48.6. The molecule has 0 aliphatic rings. The molecule has 0 aliphatic heterocycles. The Morgan fingerprint density at radius 1 is 0.254 bits per heavy atom. The molecule has 0 atom stereocenters. The Hall–Kier alpha value is -8.64. The number of aryl methyl sites for hydroxylation is 8. The van der Waals surface area contributed by atoms with Gasteiger partial charge in [0.05, 0.1) is 5.69 Å². The molecule has 11 rings (SSSR count). The number of nitrogens with zero attached hydrogens (tertiary/aromatic N) is 2. The number of anilines is 2. The van der Waals surface area contributed by atoms with Crippen molar-refractivity contribution in [2.75, 3.05) is 38.0 Å². The fourth-order valence-corrected chi connectivity index (χ4v) is 8.11. The highest BCUT2D eigenvalue weighted by Gasteiger charge is 2.31. The van der Waals surface area contributed by atoms with Crippen LogP contribution in [-0.4, -0.2) is 34.6 Å². The number of hydrogen-bond acceptors (Lipinski definition) is 3. The Bertz CT molecular complexity index is 3980. The molecule has 0 spiro atoms. The van der Waals surface area contributed by atoms with Crippen molar-refractivity contribution in [3.8, 4) is 5.75 Å². The largest absolute Gasteiger partial charge is 0.573 e. The molecular weight excluding hydrogens is 1590 g/mol. The molecule has 638 valence electrons. The highest BCUT2D eigenvalue weighted by Crippen LogP contribution is 2.25. The predicted octanol–water partition coefficient (Wildman–Crippen LogP) is 34.3. The Morgan fingerprint density at radius 3 is 0.912 bits per heavy atom. The molecule has 0 saturated carbocycles. The second-order valence-corrected chi connectivity index (χ2v) is 25.1. The second-order valence-electron chi connectivity index (χ2n) is 23.0. The van der Waals surface area contributed by atoms with Crippen molar-refractivity contribution in [2.45, 2.75) is 164 Å². The van der Waals surface area contributed by atoms with Crippen LogP contribution in [0.1, 0.15) is 141 Å². The van der Waals surface area contributed by atoms with E-state index in [1.807, 2.05) is 83.4 Å². The van der Waals surface area contributed by atoms with Crippen LogP contribution in [0.25, 0.3) is 0 Å². The third kappa shape index (κ3) is 52.0. The van der Waals surface area contributed by atoms with Crippen molar-refractivity contribution >= 4 is 69.4 Å². The molecule has 0 saturated heterocycles. The lowest BCUT2D eigenvalue weighted by Crippen LogP contribution is -2.16. The van der Waals surface area contributed by atoms with Crippen LogP contribution in [0, 0.1) is 141 Å². The summed E-state index contributed by atoms with van der Waals surface area (Å²) in [5, 5.41) is 3.25. The summed E-state index contributed by atoms with van der Waals surface area (Å²) in [5.41, 5.74) is 10.9. The Morgan fingerprint density at radius 2 is 0.596 bits per heavy atom. The Balaban J connectivity index is -0.000000130. The van der Waals surface area contributed by atoms with Crippen molar-refractivity contribution in [3.05, 3.63) is 368 Å². The highest BCUT2D eigenvalue weighted by molar-refractivity contribution is 6.36. The molecule has 11 aromatic rings. The molecule has 0 bridgehead atoms. The average Bonchev–Trinajstić information content (AvgIpc) is 0.843. The normalized spacial score (nSPS) is 8.96. The van der Waals surface area contributed by atoms with E-state index < -0.39 is 35.4 Å². The van der Waals surface area contributed by atoms with E-state index in [1.54, 1.807) is 77.3 Å². The van der Waals surface area contributed by atoms with Crippen molar-refractivity contribution in [3.63, 3.8) is 0 Å². The van der Waals surface area contributed by atoms with Gasteiger partial charge in [-0.25, -0.2) is 43.9 Å². The van der Waals surface area contributed by atoms with Crippen LogP contribution in [0.15, 0.2) is 218 Å². The van der Waals surface area contributed by atoms with Gasteiger partial charge in [-0.2, -0.15) is 0 Å². The Labute approximate surface area is 702 Å². The van der Waals surface area contributed by atoms with Crippen molar-refractivity contribution in [2.24, 2.45) is 0 Å². The summed E-state index contributed by atoms with van der Waals surface area (Å²) in [6, 6.07) is 59.0. The van der Waals surface area contributed by atoms with Gasteiger partial charge in [0.15, 0.2) is 0 Å². The minimum atomic E-state index is -4.60. The monoisotopic (exact) mass is 1710 g/mol. The maximum Gasteiger partial charge on any atom is 0.573 e. The molecule has 0 N–H and O–H groups in total. The van der Waals surface area contributed by atoms with E-state index in [4.69, 9.17) is 58.0 Å². The summed E-state index contributed by atoms with van der Waals surface area (Å²) in [6.45, 7) is 21.4. The first-order valence-electron chi connectivity index (χ1n) is 31.5. The smallest absolute Gasteiger partial charge is 0.406 e. The summed E-state index contributed by atoms with van der Waals surface area (Å²) in [6.07, 6.45) is -4.60. The number of ether oxygens (including phenoxy) is 1. The summed E-state index contributed by atoms with van der Waals surface area (Å²) < 4.78 is 163. The van der Waals surface area contributed by atoms with Crippen LogP contribution in [0.4, 0.5) is 68.5 Å². The lowest BCUT2D eigenvalue weighted by atomic mass is 10.1. The number of benzene rings is 11. The first kappa shape index (κ1) is 126. The van der Waals surface area contributed by atoms with Gasteiger partial charge in [0.2, 0.25) is 0 Å². The van der Waals surface area contributed by atoms with Crippen LogP contribution in [-0.2, 0) is 0 Å². The molecule has 0 unspecified atom stereocenters. The van der Waals surface area contributed by atoms with Crippen molar-refractivity contribution < 1.29 is 61.8 Å². The van der Waals surface area contributed by atoms with E-state index in [0.29, 0.717) is 38.9 Å². The lowest BCUT2D eigenvalue weighted by Gasteiger charge is -2.13. The van der Waals surface area contributed by atoms with E-state index in [2.05, 4.69) is 78.9 Å². The van der Waals surface area contributed by atoms with Gasteiger partial charge in [0.1, 0.15) is 63.9 Å². The summed E-state index contributed by atoms with van der Waals surface area (Å²) >= 11 is 28.3. The van der Waals surface area contributed by atoms with E-state index in [9.17, 15) is 57.1 Å². The van der Waals surface area contributed by atoms with Gasteiger partial charge in [-0.1, -0.05) is 253 Å². The molecule has 114 heavy (non-hydrogen) atoms. The van der Waals surface area contributed by atoms with Gasteiger partial charge >= 0.3 is 6.36 Å². The molecule has 21 heteroatoms. The predicted molar refractivity (Wildman–Crippen MR) is 475 cm³/mol. The number of halogens is 18. The molecule has 0 aliphatic carbocycles. The van der Waals surface area contributed by atoms with Gasteiger partial charge in [-0.3, -0.25) is 0 Å². The quantitative estimate of drug-likeness (QED) is 0.164. The van der Waals surface area contributed by atoms with Gasteiger partial charge in [-0.15, -0.1) is 13.2 Å². The van der Waals surface area contributed by atoms with Gasteiger partial charge in [0.25, 0.3) is 0 Å². The van der Waals surface area contributed by atoms with E-state index in [1.165, 1.54) is 115 Å². The Kier molecular flexibility index (Phi) is 72.6. The summed E-state index contributed by atoms with van der Waals surface area (Å²) in [5.74, 6) is -5.19. The van der Waals surface area contributed by atoms with E-state index >= 15 is 0 Å². The second kappa shape index (κ2) is 65.6. The van der Waals surface area contributed by atoms with Crippen LogP contribution < -0.4 is 14.5 Å². The maximum atomic E-state index is 13.1. The molecule has 0 aromatic heterocycles. The van der Waals surface area contributed by atoms with Crippen LogP contribution in [0.3, 0.4) is 0 Å². The number of alkyl halides is 3. The lowest BCUT2D eigenvalue weighted by molar-refractivity contribution is -0.274. The van der Waals surface area contributed by atoms with Gasteiger partial charge in [0, 0.05) is 93.9 Å². The number of rotatable bonds is 3. The average molecular weight is 1710 g/mol. The van der Waals surface area contributed by atoms with Crippen molar-refractivity contribution in [1.29, 1.82) is 0 Å². The zero-order valence-corrected chi connectivity index (χ0v) is 64.2. The summed E-state index contributed by atoms with van der Waals surface area (Å²) in [7, 11) is 7.44. The van der Waals surface area contributed by atoms with Crippen LogP contribution >= 0.6 is 58.0 Å². The third-order valence-electron chi connectivity index (χ3n) is 14.1. The fraction of sp³-hybridized carbons (Fsp3) is 0.290. The standard InChI is InChI=1S/C9H11F2N.C9H13N.C8H7F3O.C8H10.C7H6Cl2.2C7H6ClF.C7H7Cl.C7H5F3.C7H6F2.C7H7F.10CH4/c1-6-4-8(11)9(12(2)3)5-7(6)10;1-8-4-6-9(7-5-8)10(2)3;1-6-2-4-7(5-3-6)12-8(9,10)11;1-7-5-3-4-6-8(7)2;1-5-6(8)3-2-4-7(5)9;1-5-2-3-6(9)4-7(5)8;1-5-6(8)3-2-4-7(5)9;1-6-4-2-3-5-7(6)8;1-4-6(9)2-5(8)3-7(4)10;1-5-6(8)3-2-4-7(5)9;1-6-4-2-3-5-7(6)8;;;;;;;;;;/h4-5H,1-3H3;4-7H,1-3H3;2-5H,1H3;3-6H,1-2H3;3*2-4H,1H3;2-5H,1H3;2-3H,1H3;2-4H,1H3;2-5H,1H3;10*1H4. The zero-order chi connectivity index (χ0) is 79.1. The minimum absolute atomic E-state index is 0. The molecule has 11 aromatic carbocycles. The van der Waals surface area contributed by atoms with Crippen LogP contribution in [0.2, 0.25) is 25.1 Å². The molecule has 0 heterocycles. The summed E-state index contributed by atoms with van der Waals surface area (Å²) in [4.78, 5) is 3.64. The fourth-order valence-electron chi connectivity index (χ4n) is 7.25. The number of hydrogen-bond donors (Lipinski definition) is 0. The minimum Gasteiger partial charge on any atom is -0.406 e. The van der Waals surface area contributed by atoms with Gasteiger partial charge in [-0.05, 0) is 213 Å². The van der Waals surface area contributed by atoms with Gasteiger partial charge < -0.3 is 14.5 Å². The maximum absolute atomic E-state index is 13.1. The first-order valence-corrected chi connectivity index (χ1v) is 33.3. The zero-order valence-electron chi connectivity index (χ0n) is 60.4. The SMILES string of the molecule is C.C.C.C.C.C.C.C.C.C.Cc1c(Cl)cccc1Cl.Cc1c(F)cc(F)cc1F.Cc1c(F)cccc1Cl.Cc1c(F)cccc1F.Cc1cc(F)c(N(C)C)cc1F.Cc1ccc(F)cc1Cl.Cc1ccc(N(C)C)cc1.Cc1ccc(OC(F)(F)F)cc1.Cc1ccccc1C.Cc1ccccc1Cl.Cc1ccccc1F.